The molecule has 4 heteroatoms. The Hall–Kier alpha value is -1.97. The summed E-state index contributed by atoms with van der Waals surface area (Å²) in [7, 11) is 1.65. The minimum absolute atomic E-state index is 0.0892. The monoisotopic (exact) mass is 288 g/mol. The number of hydrogen-bond acceptors (Lipinski definition) is 2. The molecule has 1 N–H and O–H groups in total. The molecule has 21 heavy (non-hydrogen) atoms. The van der Waals surface area contributed by atoms with E-state index in [9.17, 15) is 4.79 Å². The summed E-state index contributed by atoms with van der Waals surface area (Å²) in [5.74, 6) is 0.897. The molecule has 0 aliphatic heterocycles. The molecule has 1 aromatic heterocycles. The number of aromatic nitrogens is 1. The Morgan fingerprint density at radius 3 is 2.48 bits per heavy atom. The first-order chi connectivity index (χ1) is 10.1. The second kappa shape index (κ2) is 6.66. The van der Waals surface area contributed by atoms with Gasteiger partial charge in [-0.15, -0.1) is 0 Å². The zero-order valence-corrected chi connectivity index (χ0v) is 13.3. The lowest BCUT2D eigenvalue weighted by Gasteiger charge is -2.21. The average molecular weight is 288 g/mol. The van der Waals surface area contributed by atoms with Crippen LogP contribution in [0, 0.1) is 6.92 Å². The highest BCUT2D eigenvalue weighted by Gasteiger charge is 2.20. The third-order valence-corrected chi connectivity index (χ3v) is 3.75. The molecule has 4 nitrogen and oxygen atoms in total. The van der Waals surface area contributed by atoms with Crippen molar-refractivity contribution < 1.29 is 9.53 Å². The fourth-order valence-corrected chi connectivity index (χ4v) is 2.66. The number of carbonyl (C=O) groups is 1. The minimum atomic E-state index is 0.0892. The van der Waals surface area contributed by atoms with E-state index in [1.54, 1.807) is 7.11 Å². The van der Waals surface area contributed by atoms with Crippen LogP contribution in [0.4, 0.5) is 0 Å². The molecule has 1 aromatic carbocycles. The highest BCUT2D eigenvalue weighted by atomic mass is 16.5. The fraction of sp³-hybridized carbons (Fsp3) is 0.471. The van der Waals surface area contributed by atoms with Crippen LogP contribution in [0.25, 0.3) is 10.9 Å². The maximum Gasteiger partial charge on any atom is 0.270 e. The normalized spacial score (nSPS) is 10.9. The summed E-state index contributed by atoms with van der Waals surface area (Å²) >= 11 is 0. The predicted octanol–water partition coefficient (Wildman–Crippen LogP) is 3.75. The predicted molar refractivity (Wildman–Crippen MR) is 86.1 cm³/mol. The SMILES string of the molecule is CCCN(CCC)C(=O)c1[nH]c2ccc(OC)cc2c1C. The molecule has 0 saturated carbocycles. The zero-order chi connectivity index (χ0) is 15.4. The van der Waals surface area contributed by atoms with E-state index in [-0.39, 0.29) is 5.91 Å². The Morgan fingerprint density at radius 1 is 1.24 bits per heavy atom. The van der Waals surface area contributed by atoms with E-state index in [2.05, 4.69) is 18.8 Å². The van der Waals surface area contributed by atoms with Crippen molar-refractivity contribution >= 4 is 16.8 Å². The Bertz CT molecular complexity index is 625. The van der Waals surface area contributed by atoms with Crippen LogP contribution in [0.15, 0.2) is 18.2 Å². The van der Waals surface area contributed by atoms with Crippen molar-refractivity contribution in [3.8, 4) is 5.75 Å². The third-order valence-electron chi connectivity index (χ3n) is 3.75. The molecule has 1 amide bonds. The molecule has 1 heterocycles. The van der Waals surface area contributed by atoms with Gasteiger partial charge in [0.15, 0.2) is 0 Å². The molecule has 0 atom stereocenters. The lowest BCUT2D eigenvalue weighted by molar-refractivity contribution is 0.0750. The second-order valence-electron chi connectivity index (χ2n) is 5.33. The molecule has 0 radical (unpaired) electrons. The van der Waals surface area contributed by atoms with Crippen LogP contribution in [0.5, 0.6) is 5.75 Å². The van der Waals surface area contributed by atoms with Crippen LogP contribution < -0.4 is 4.74 Å². The van der Waals surface area contributed by atoms with Gasteiger partial charge in [0.1, 0.15) is 11.4 Å². The Labute approximate surface area is 126 Å². The number of hydrogen-bond donors (Lipinski definition) is 1. The van der Waals surface area contributed by atoms with Gasteiger partial charge in [-0.2, -0.15) is 0 Å². The van der Waals surface area contributed by atoms with Crippen molar-refractivity contribution in [2.75, 3.05) is 20.2 Å². The molecule has 0 unspecified atom stereocenters. The van der Waals surface area contributed by atoms with E-state index >= 15 is 0 Å². The summed E-state index contributed by atoms with van der Waals surface area (Å²) in [6.45, 7) is 7.77. The lowest BCUT2D eigenvalue weighted by atomic mass is 10.1. The maximum absolute atomic E-state index is 12.7. The van der Waals surface area contributed by atoms with Crippen LogP contribution in [0.2, 0.25) is 0 Å². The number of nitrogens with zero attached hydrogens (tertiary/aromatic N) is 1. The number of rotatable bonds is 6. The number of H-pyrrole nitrogens is 1. The minimum Gasteiger partial charge on any atom is -0.497 e. The first kappa shape index (κ1) is 15.4. The number of nitrogens with one attached hydrogen (secondary N) is 1. The van der Waals surface area contributed by atoms with Gasteiger partial charge >= 0.3 is 0 Å². The summed E-state index contributed by atoms with van der Waals surface area (Å²) in [5, 5.41) is 1.05. The third kappa shape index (κ3) is 3.04. The van der Waals surface area contributed by atoms with E-state index in [1.165, 1.54) is 0 Å². The number of fused-ring (bicyclic) bond motifs is 1. The summed E-state index contributed by atoms with van der Waals surface area (Å²) in [5.41, 5.74) is 2.66. The van der Waals surface area contributed by atoms with Crippen LogP contribution in [-0.2, 0) is 0 Å². The van der Waals surface area contributed by atoms with E-state index in [0.717, 1.165) is 48.1 Å². The lowest BCUT2D eigenvalue weighted by Crippen LogP contribution is -2.33. The number of amides is 1. The number of benzene rings is 1. The van der Waals surface area contributed by atoms with E-state index in [4.69, 9.17) is 4.74 Å². The smallest absolute Gasteiger partial charge is 0.270 e. The zero-order valence-electron chi connectivity index (χ0n) is 13.3. The summed E-state index contributed by atoms with van der Waals surface area (Å²) in [4.78, 5) is 17.9. The highest BCUT2D eigenvalue weighted by Crippen LogP contribution is 2.26. The number of aryl methyl sites for hydroxylation is 1. The first-order valence-electron chi connectivity index (χ1n) is 7.57. The maximum atomic E-state index is 12.7. The van der Waals surface area contributed by atoms with Gasteiger partial charge in [-0.25, -0.2) is 0 Å². The van der Waals surface area contributed by atoms with Gasteiger partial charge in [-0.05, 0) is 43.5 Å². The van der Waals surface area contributed by atoms with Crippen molar-refractivity contribution in [3.05, 3.63) is 29.5 Å². The molecule has 0 fully saturated rings. The van der Waals surface area contributed by atoms with Gasteiger partial charge in [0.2, 0.25) is 0 Å². The molecule has 0 aliphatic rings. The van der Waals surface area contributed by atoms with Crippen molar-refractivity contribution in [1.82, 2.24) is 9.88 Å². The van der Waals surface area contributed by atoms with Gasteiger partial charge < -0.3 is 14.6 Å². The van der Waals surface area contributed by atoms with E-state index in [1.807, 2.05) is 30.0 Å². The Morgan fingerprint density at radius 2 is 1.90 bits per heavy atom. The van der Waals surface area contributed by atoms with Gasteiger partial charge in [0.25, 0.3) is 5.91 Å². The first-order valence-corrected chi connectivity index (χ1v) is 7.57. The number of ether oxygens (including phenoxy) is 1. The Balaban J connectivity index is 2.40. The summed E-state index contributed by atoms with van der Waals surface area (Å²) < 4.78 is 5.26. The molecule has 0 spiro atoms. The second-order valence-corrected chi connectivity index (χ2v) is 5.33. The Kier molecular flexibility index (Phi) is 4.89. The molecule has 2 aromatic rings. The molecular formula is C17H24N2O2. The van der Waals surface area contributed by atoms with Gasteiger partial charge in [-0.1, -0.05) is 13.8 Å². The van der Waals surface area contributed by atoms with Crippen molar-refractivity contribution in [2.45, 2.75) is 33.6 Å². The number of carbonyl (C=O) groups excluding carboxylic acids is 1. The topological polar surface area (TPSA) is 45.3 Å². The average Bonchev–Trinajstić information content (AvgIpc) is 2.83. The summed E-state index contributed by atoms with van der Waals surface area (Å²) in [6.07, 6.45) is 1.94. The molecule has 0 bridgehead atoms. The largest absolute Gasteiger partial charge is 0.497 e. The fourth-order valence-electron chi connectivity index (χ4n) is 2.66. The summed E-state index contributed by atoms with van der Waals surface area (Å²) in [6, 6.07) is 5.84. The molecule has 114 valence electrons. The van der Waals surface area contributed by atoms with Crippen LogP contribution in [0.1, 0.15) is 42.7 Å². The van der Waals surface area contributed by atoms with Crippen molar-refractivity contribution in [3.63, 3.8) is 0 Å². The van der Waals surface area contributed by atoms with E-state index in [0.29, 0.717) is 5.69 Å². The number of methoxy groups -OCH3 is 1. The van der Waals surface area contributed by atoms with Gasteiger partial charge in [-0.3, -0.25) is 4.79 Å². The van der Waals surface area contributed by atoms with Crippen LogP contribution in [0.3, 0.4) is 0 Å². The van der Waals surface area contributed by atoms with Crippen LogP contribution in [-0.4, -0.2) is 36.0 Å². The number of aromatic amines is 1. The van der Waals surface area contributed by atoms with Gasteiger partial charge in [0, 0.05) is 24.0 Å². The molecule has 0 aliphatic carbocycles. The quantitative estimate of drug-likeness (QED) is 0.880. The molecule has 0 saturated heterocycles. The van der Waals surface area contributed by atoms with E-state index < -0.39 is 0 Å². The molecule has 2 rings (SSSR count). The van der Waals surface area contributed by atoms with Crippen molar-refractivity contribution in [2.24, 2.45) is 0 Å². The van der Waals surface area contributed by atoms with Crippen LogP contribution >= 0.6 is 0 Å². The molecular weight excluding hydrogens is 264 g/mol. The van der Waals surface area contributed by atoms with Crippen molar-refractivity contribution in [1.29, 1.82) is 0 Å². The highest BCUT2D eigenvalue weighted by molar-refractivity contribution is 6.01. The van der Waals surface area contributed by atoms with Gasteiger partial charge in [0.05, 0.1) is 7.11 Å². The standard InChI is InChI=1S/C17H24N2O2/c1-5-9-19(10-6-2)17(20)16-12(3)14-11-13(21-4)7-8-15(14)18-16/h7-8,11,18H,5-6,9-10H2,1-4H3.